The smallest absolute Gasteiger partial charge is 0.254 e. The molecule has 0 unspecified atom stereocenters. The van der Waals surface area contributed by atoms with Crippen LogP contribution in [0, 0.1) is 17.5 Å². The van der Waals surface area contributed by atoms with Gasteiger partial charge in [0.25, 0.3) is 5.91 Å². The molecule has 1 aromatic heterocycles. The average Bonchev–Trinajstić information content (AvgIpc) is 2.63. The van der Waals surface area contributed by atoms with Gasteiger partial charge in [0.1, 0.15) is 12.4 Å². The zero-order chi connectivity index (χ0) is 17.8. The van der Waals surface area contributed by atoms with Crippen LogP contribution in [0.25, 0.3) is 10.9 Å². The van der Waals surface area contributed by atoms with Crippen molar-refractivity contribution in [1.29, 1.82) is 0 Å². The molecule has 4 nitrogen and oxygen atoms in total. The summed E-state index contributed by atoms with van der Waals surface area (Å²) in [5.74, 6) is -4.78. The number of amides is 1. The van der Waals surface area contributed by atoms with E-state index < -0.39 is 28.9 Å². The zero-order valence-corrected chi connectivity index (χ0v) is 12.9. The summed E-state index contributed by atoms with van der Waals surface area (Å²) in [6.07, 6.45) is 1.69. The molecule has 1 N–H and O–H groups in total. The predicted octanol–water partition coefficient (Wildman–Crippen LogP) is 3.46. The Morgan fingerprint density at radius 1 is 1.08 bits per heavy atom. The number of pyridine rings is 1. The normalized spacial score (nSPS) is 10.7. The molecule has 0 aliphatic rings. The highest BCUT2D eigenvalue weighted by Crippen LogP contribution is 2.19. The number of hydrogen-bond acceptors (Lipinski definition) is 3. The van der Waals surface area contributed by atoms with Crippen LogP contribution in [-0.4, -0.2) is 24.0 Å². The van der Waals surface area contributed by atoms with E-state index in [1.54, 1.807) is 24.4 Å². The van der Waals surface area contributed by atoms with Gasteiger partial charge in [0.15, 0.2) is 17.5 Å². The minimum Gasteiger partial charge on any atom is -0.492 e. The minimum absolute atomic E-state index is 0.0718. The van der Waals surface area contributed by atoms with E-state index in [2.05, 4.69) is 10.3 Å². The minimum atomic E-state index is -1.67. The summed E-state index contributed by atoms with van der Waals surface area (Å²) < 4.78 is 45.0. The first-order chi connectivity index (χ1) is 12.1. The second kappa shape index (κ2) is 7.21. The van der Waals surface area contributed by atoms with Gasteiger partial charge in [-0.2, -0.15) is 0 Å². The Morgan fingerprint density at radius 2 is 1.92 bits per heavy atom. The van der Waals surface area contributed by atoms with Crippen molar-refractivity contribution in [3.05, 3.63) is 71.7 Å². The molecule has 7 heteroatoms. The Labute approximate surface area is 141 Å². The molecule has 128 valence electrons. The van der Waals surface area contributed by atoms with E-state index in [0.717, 1.165) is 17.0 Å². The monoisotopic (exact) mass is 346 g/mol. The lowest BCUT2D eigenvalue weighted by Gasteiger charge is -2.09. The summed E-state index contributed by atoms with van der Waals surface area (Å²) in [6, 6.07) is 10.6. The second-order valence-corrected chi connectivity index (χ2v) is 5.19. The Kier molecular flexibility index (Phi) is 4.83. The number of halogens is 3. The topological polar surface area (TPSA) is 51.2 Å². The fourth-order valence-corrected chi connectivity index (χ4v) is 2.27. The van der Waals surface area contributed by atoms with Crippen LogP contribution in [0.4, 0.5) is 13.2 Å². The number of carbonyl (C=O) groups excluding carboxylic acids is 1. The van der Waals surface area contributed by atoms with Crippen LogP contribution in [0.2, 0.25) is 0 Å². The number of rotatable bonds is 5. The van der Waals surface area contributed by atoms with E-state index in [1.807, 2.05) is 12.1 Å². The number of ether oxygens (including phenoxy) is 1. The van der Waals surface area contributed by atoms with Gasteiger partial charge >= 0.3 is 0 Å². The summed E-state index contributed by atoms with van der Waals surface area (Å²) in [7, 11) is 0. The van der Waals surface area contributed by atoms with E-state index in [1.165, 1.54) is 0 Å². The van der Waals surface area contributed by atoms with Gasteiger partial charge in [0.2, 0.25) is 0 Å². The Balaban J connectivity index is 1.55. The molecule has 1 heterocycles. The van der Waals surface area contributed by atoms with Gasteiger partial charge in [0.05, 0.1) is 17.6 Å². The van der Waals surface area contributed by atoms with Crippen LogP contribution in [0.3, 0.4) is 0 Å². The predicted molar refractivity (Wildman–Crippen MR) is 85.9 cm³/mol. The fraction of sp³-hybridized carbons (Fsp3) is 0.111. The van der Waals surface area contributed by atoms with Crippen molar-refractivity contribution in [3.8, 4) is 5.75 Å². The number of aromatic nitrogens is 1. The summed E-state index contributed by atoms with van der Waals surface area (Å²) >= 11 is 0. The van der Waals surface area contributed by atoms with Crippen molar-refractivity contribution in [3.63, 3.8) is 0 Å². The highest BCUT2D eigenvalue weighted by atomic mass is 19.2. The molecule has 0 saturated heterocycles. The molecule has 0 aliphatic carbocycles. The summed E-state index contributed by atoms with van der Waals surface area (Å²) in [4.78, 5) is 16.0. The molecular formula is C18H13F3N2O2. The first-order valence-corrected chi connectivity index (χ1v) is 7.45. The molecule has 0 saturated carbocycles. The van der Waals surface area contributed by atoms with Gasteiger partial charge in [-0.3, -0.25) is 9.78 Å². The number of carbonyl (C=O) groups is 1. The highest BCUT2D eigenvalue weighted by molar-refractivity contribution is 5.94. The van der Waals surface area contributed by atoms with E-state index in [0.29, 0.717) is 11.8 Å². The molecule has 0 aliphatic heterocycles. The molecule has 0 atom stereocenters. The standard InChI is InChI=1S/C18H13F3N2O2/c19-14-5-4-13(16(20)17(14)21)18(24)23-8-9-25-12-3-6-15-11(10-12)2-1-7-22-15/h1-7,10H,8-9H2,(H,23,24). The Bertz CT molecular complexity index is 931. The maximum atomic E-state index is 13.5. The Morgan fingerprint density at radius 3 is 2.76 bits per heavy atom. The van der Waals surface area contributed by atoms with Gasteiger partial charge < -0.3 is 10.1 Å². The summed E-state index contributed by atoms with van der Waals surface area (Å²) in [5.41, 5.74) is 0.271. The second-order valence-electron chi connectivity index (χ2n) is 5.19. The van der Waals surface area contributed by atoms with Crippen LogP contribution in [0.15, 0.2) is 48.7 Å². The summed E-state index contributed by atoms with van der Waals surface area (Å²) in [6.45, 7) is 0.200. The van der Waals surface area contributed by atoms with Crippen LogP contribution in [-0.2, 0) is 0 Å². The van der Waals surface area contributed by atoms with E-state index in [9.17, 15) is 18.0 Å². The number of nitrogens with zero attached hydrogens (tertiary/aromatic N) is 1. The fourth-order valence-electron chi connectivity index (χ4n) is 2.27. The van der Waals surface area contributed by atoms with Crippen LogP contribution >= 0.6 is 0 Å². The SMILES string of the molecule is O=C(NCCOc1ccc2ncccc2c1)c1ccc(F)c(F)c1F. The first kappa shape index (κ1) is 16.8. The lowest BCUT2D eigenvalue weighted by molar-refractivity contribution is 0.0941. The van der Waals surface area contributed by atoms with Gasteiger partial charge in [-0.05, 0) is 36.4 Å². The number of hydrogen-bond donors (Lipinski definition) is 1. The molecule has 0 radical (unpaired) electrons. The number of fused-ring (bicyclic) bond motifs is 1. The average molecular weight is 346 g/mol. The number of nitrogens with one attached hydrogen (secondary N) is 1. The van der Waals surface area contributed by atoms with Gasteiger partial charge in [-0.25, -0.2) is 13.2 Å². The third-order valence-electron chi connectivity index (χ3n) is 3.51. The van der Waals surface area contributed by atoms with Crippen molar-refractivity contribution < 1.29 is 22.7 Å². The lowest BCUT2D eigenvalue weighted by atomic mass is 10.2. The quantitative estimate of drug-likeness (QED) is 0.569. The molecule has 1 amide bonds. The van der Waals surface area contributed by atoms with Crippen molar-refractivity contribution >= 4 is 16.8 Å². The number of benzene rings is 2. The van der Waals surface area contributed by atoms with E-state index in [-0.39, 0.29) is 13.2 Å². The van der Waals surface area contributed by atoms with Crippen molar-refractivity contribution in [1.82, 2.24) is 10.3 Å². The maximum Gasteiger partial charge on any atom is 0.254 e. The molecule has 3 rings (SSSR count). The molecule has 0 fully saturated rings. The molecule has 0 spiro atoms. The zero-order valence-electron chi connectivity index (χ0n) is 12.9. The third-order valence-corrected chi connectivity index (χ3v) is 3.51. The van der Waals surface area contributed by atoms with E-state index >= 15 is 0 Å². The molecule has 2 aromatic carbocycles. The molecule has 0 bridgehead atoms. The lowest BCUT2D eigenvalue weighted by Crippen LogP contribution is -2.29. The molecular weight excluding hydrogens is 333 g/mol. The molecule has 25 heavy (non-hydrogen) atoms. The van der Waals surface area contributed by atoms with Gasteiger partial charge in [-0.15, -0.1) is 0 Å². The van der Waals surface area contributed by atoms with Crippen molar-refractivity contribution in [2.45, 2.75) is 0 Å². The van der Waals surface area contributed by atoms with E-state index in [4.69, 9.17) is 4.74 Å². The molecule has 3 aromatic rings. The summed E-state index contributed by atoms with van der Waals surface area (Å²) in [5, 5.41) is 3.30. The van der Waals surface area contributed by atoms with Crippen molar-refractivity contribution in [2.75, 3.05) is 13.2 Å². The largest absolute Gasteiger partial charge is 0.492 e. The highest BCUT2D eigenvalue weighted by Gasteiger charge is 2.18. The first-order valence-electron chi connectivity index (χ1n) is 7.45. The van der Waals surface area contributed by atoms with Crippen LogP contribution in [0.5, 0.6) is 5.75 Å². The van der Waals surface area contributed by atoms with Crippen molar-refractivity contribution in [2.24, 2.45) is 0 Å². The van der Waals surface area contributed by atoms with Gasteiger partial charge in [-0.1, -0.05) is 6.07 Å². The Hall–Kier alpha value is -3.09. The third kappa shape index (κ3) is 3.71. The van der Waals surface area contributed by atoms with Crippen LogP contribution in [0.1, 0.15) is 10.4 Å². The van der Waals surface area contributed by atoms with Gasteiger partial charge in [0, 0.05) is 11.6 Å². The van der Waals surface area contributed by atoms with Crippen LogP contribution < -0.4 is 10.1 Å². The maximum absolute atomic E-state index is 13.5.